The van der Waals surface area contributed by atoms with Crippen molar-refractivity contribution in [1.82, 2.24) is 30.0 Å². The molecule has 5 aromatic rings. The average Bonchev–Trinajstić information content (AvgIpc) is 3.42. The van der Waals surface area contributed by atoms with Crippen LogP contribution in [0.1, 0.15) is 11.5 Å². The van der Waals surface area contributed by atoms with Gasteiger partial charge in [-0.2, -0.15) is 10.1 Å². The minimum atomic E-state index is -0.371. The zero-order chi connectivity index (χ0) is 21.4. The highest BCUT2D eigenvalue weighted by Crippen LogP contribution is 2.25. The Kier molecular flexibility index (Phi) is 4.83. The van der Waals surface area contributed by atoms with Gasteiger partial charge in [-0.1, -0.05) is 40.7 Å². The Labute approximate surface area is 179 Å². The van der Waals surface area contributed by atoms with E-state index in [4.69, 9.17) is 4.52 Å². The summed E-state index contributed by atoms with van der Waals surface area (Å²) in [5.41, 5.74) is 3.18. The molecule has 0 amide bonds. The molecule has 0 unspecified atom stereocenters. The number of nitrogens with one attached hydrogen (secondary N) is 1. The average molecular weight is 434 g/mol. The van der Waals surface area contributed by atoms with Gasteiger partial charge in [-0.15, -0.1) is 5.10 Å². The minimum Gasteiger partial charge on any atom is -0.338 e. The van der Waals surface area contributed by atoms with E-state index in [1.54, 1.807) is 18.2 Å². The van der Waals surface area contributed by atoms with E-state index in [1.165, 1.54) is 28.4 Å². The van der Waals surface area contributed by atoms with Crippen LogP contribution in [-0.4, -0.2) is 30.0 Å². The van der Waals surface area contributed by atoms with Crippen LogP contribution < -0.4 is 5.56 Å². The van der Waals surface area contributed by atoms with Gasteiger partial charge < -0.3 is 4.52 Å². The lowest BCUT2D eigenvalue weighted by Gasteiger charge is -2.00. The highest BCUT2D eigenvalue weighted by Gasteiger charge is 2.15. The molecule has 8 nitrogen and oxygen atoms in total. The molecule has 0 saturated carbocycles. The van der Waals surface area contributed by atoms with Crippen LogP contribution in [0.4, 0.5) is 4.39 Å². The molecule has 2 aromatic carbocycles. The molecule has 0 radical (unpaired) electrons. The molecule has 0 spiro atoms. The lowest BCUT2D eigenvalue weighted by molar-refractivity contribution is 0.391. The fourth-order valence-corrected chi connectivity index (χ4v) is 3.83. The van der Waals surface area contributed by atoms with Crippen LogP contribution in [0.3, 0.4) is 0 Å². The third kappa shape index (κ3) is 3.84. The maximum atomic E-state index is 13.2. The van der Waals surface area contributed by atoms with Gasteiger partial charge in [-0.05, 0) is 43.3 Å². The van der Waals surface area contributed by atoms with Crippen LogP contribution in [0.25, 0.3) is 28.2 Å². The van der Waals surface area contributed by atoms with E-state index in [9.17, 15) is 9.18 Å². The van der Waals surface area contributed by atoms with Crippen molar-refractivity contribution in [3.8, 4) is 22.6 Å². The molecule has 0 aliphatic heterocycles. The van der Waals surface area contributed by atoms with Gasteiger partial charge in [0.1, 0.15) is 11.3 Å². The Morgan fingerprint density at radius 2 is 1.97 bits per heavy atom. The summed E-state index contributed by atoms with van der Waals surface area (Å²) in [5, 5.41) is 15.5. The van der Waals surface area contributed by atoms with E-state index < -0.39 is 0 Å². The highest BCUT2D eigenvalue weighted by molar-refractivity contribution is 7.98. The van der Waals surface area contributed by atoms with E-state index >= 15 is 0 Å². The van der Waals surface area contributed by atoms with Crippen LogP contribution in [0, 0.1) is 12.7 Å². The van der Waals surface area contributed by atoms with Crippen molar-refractivity contribution in [2.45, 2.75) is 17.8 Å². The molecular formula is C21H15FN6O2S. The standard InChI is InChI=1S/C21H15FN6O2S/c1-12-3-2-4-14(9-12)19-23-18(30-27-19)11-31-21-25-24-20(29)17-10-16(26-28(17)21)13-5-7-15(22)8-6-13/h2-10H,11H2,1H3,(H,24,29). The number of rotatable bonds is 5. The molecule has 10 heteroatoms. The fourth-order valence-electron chi connectivity index (χ4n) is 3.09. The highest BCUT2D eigenvalue weighted by atomic mass is 32.2. The second kappa shape index (κ2) is 7.80. The zero-order valence-electron chi connectivity index (χ0n) is 16.2. The molecule has 0 fully saturated rings. The molecule has 0 atom stereocenters. The SMILES string of the molecule is Cc1cccc(-c2noc(CSc3n[nH]c(=O)c4cc(-c5ccc(F)cc5)nn34)n2)c1. The van der Waals surface area contributed by atoms with Gasteiger partial charge in [0.15, 0.2) is 0 Å². The molecule has 3 aromatic heterocycles. The van der Waals surface area contributed by atoms with Crippen molar-refractivity contribution in [2.75, 3.05) is 0 Å². The Hall–Kier alpha value is -3.79. The van der Waals surface area contributed by atoms with E-state index in [0.29, 0.717) is 39.4 Å². The van der Waals surface area contributed by atoms with Crippen LogP contribution in [0.15, 0.2) is 69.1 Å². The van der Waals surface area contributed by atoms with Crippen molar-refractivity contribution >= 4 is 17.3 Å². The molecule has 3 heterocycles. The molecule has 0 aliphatic carbocycles. The van der Waals surface area contributed by atoms with Gasteiger partial charge in [-0.25, -0.2) is 14.0 Å². The Morgan fingerprint density at radius 3 is 2.77 bits per heavy atom. The first kappa shape index (κ1) is 19.2. The molecule has 154 valence electrons. The van der Waals surface area contributed by atoms with E-state index in [1.807, 2.05) is 31.2 Å². The first-order chi connectivity index (χ1) is 15.1. The predicted molar refractivity (Wildman–Crippen MR) is 113 cm³/mol. The lowest BCUT2D eigenvalue weighted by atomic mass is 10.1. The normalized spacial score (nSPS) is 11.3. The molecule has 0 saturated heterocycles. The quantitative estimate of drug-likeness (QED) is 0.419. The first-order valence-corrected chi connectivity index (χ1v) is 10.3. The molecule has 5 rings (SSSR count). The summed E-state index contributed by atoms with van der Waals surface area (Å²) in [7, 11) is 0. The summed E-state index contributed by atoms with van der Waals surface area (Å²) in [6.07, 6.45) is 0. The summed E-state index contributed by atoms with van der Waals surface area (Å²) >= 11 is 1.30. The van der Waals surface area contributed by atoms with Crippen LogP contribution in [0.2, 0.25) is 0 Å². The second-order valence-corrected chi connectivity index (χ2v) is 7.78. The van der Waals surface area contributed by atoms with Gasteiger partial charge in [-0.3, -0.25) is 4.79 Å². The number of hydrogen-bond donors (Lipinski definition) is 1. The Balaban J connectivity index is 1.41. The summed E-state index contributed by atoms with van der Waals surface area (Å²) in [4.78, 5) is 16.6. The number of aromatic nitrogens is 6. The van der Waals surface area contributed by atoms with E-state index in [-0.39, 0.29) is 11.4 Å². The molecular weight excluding hydrogens is 419 g/mol. The van der Waals surface area contributed by atoms with Crippen molar-refractivity contribution in [1.29, 1.82) is 0 Å². The fraction of sp³-hybridized carbons (Fsp3) is 0.0952. The lowest BCUT2D eigenvalue weighted by Crippen LogP contribution is -2.13. The summed E-state index contributed by atoms with van der Waals surface area (Å²) in [6.45, 7) is 2.00. The van der Waals surface area contributed by atoms with Gasteiger partial charge >= 0.3 is 0 Å². The van der Waals surface area contributed by atoms with Crippen LogP contribution in [0.5, 0.6) is 0 Å². The van der Waals surface area contributed by atoms with Crippen LogP contribution in [-0.2, 0) is 5.75 Å². The number of nitrogens with zero attached hydrogens (tertiary/aromatic N) is 5. The van der Waals surface area contributed by atoms with Crippen molar-refractivity contribution in [2.24, 2.45) is 0 Å². The Morgan fingerprint density at radius 1 is 1.13 bits per heavy atom. The first-order valence-electron chi connectivity index (χ1n) is 9.34. The Bertz CT molecular complexity index is 1440. The molecule has 1 N–H and O–H groups in total. The number of H-pyrrole nitrogens is 1. The van der Waals surface area contributed by atoms with Gasteiger partial charge in [0, 0.05) is 11.1 Å². The summed E-state index contributed by atoms with van der Waals surface area (Å²) < 4.78 is 20.0. The number of halogens is 1. The molecule has 0 bridgehead atoms. The maximum Gasteiger partial charge on any atom is 0.290 e. The van der Waals surface area contributed by atoms with E-state index in [2.05, 4.69) is 25.4 Å². The number of aromatic amines is 1. The summed E-state index contributed by atoms with van der Waals surface area (Å²) in [6, 6.07) is 15.4. The van der Waals surface area contributed by atoms with Crippen molar-refractivity contribution < 1.29 is 8.91 Å². The number of aryl methyl sites for hydroxylation is 1. The molecule has 31 heavy (non-hydrogen) atoms. The smallest absolute Gasteiger partial charge is 0.290 e. The monoisotopic (exact) mass is 434 g/mol. The van der Waals surface area contributed by atoms with Gasteiger partial charge in [0.2, 0.25) is 16.9 Å². The van der Waals surface area contributed by atoms with Gasteiger partial charge in [0.25, 0.3) is 5.56 Å². The maximum absolute atomic E-state index is 13.2. The van der Waals surface area contributed by atoms with Crippen molar-refractivity contribution in [3.05, 3.63) is 82.2 Å². The second-order valence-electron chi connectivity index (χ2n) is 6.84. The van der Waals surface area contributed by atoms with Crippen LogP contribution >= 0.6 is 11.8 Å². The minimum absolute atomic E-state index is 0.336. The third-order valence-electron chi connectivity index (χ3n) is 4.59. The predicted octanol–water partition coefficient (Wildman–Crippen LogP) is 3.87. The third-order valence-corrected chi connectivity index (χ3v) is 5.50. The number of fused-ring (bicyclic) bond motifs is 1. The topological polar surface area (TPSA) is 102 Å². The summed E-state index contributed by atoms with van der Waals surface area (Å²) in [5.74, 6) is 0.941. The van der Waals surface area contributed by atoms with Crippen molar-refractivity contribution in [3.63, 3.8) is 0 Å². The zero-order valence-corrected chi connectivity index (χ0v) is 17.1. The number of thioether (sulfide) groups is 1. The number of benzene rings is 2. The largest absolute Gasteiger partial charge is 0.338 e. The number of hydrogen-bond acceptors (Lipinski definition) is 7. The van der Waals surface area contributed by atoms with Gasteiger partial charge in [0.05, 0.1) is 11.4 Å². The van der Waals surface area contributed by atoms with E-state index in [0.717, 1.165) is 11.1 Å². The molecule has 0 aliphatic rings.